The molecule has 0 aliphatic heterocycles. The van der Waals surface area contributed by atoms with Crippen molar-refractivity contribution in [3.8, 4) is 11.5 Å². The topological polar surface area (TPSA) is 62.2 Å². The monoisotopic (exact) mass is 420 g/mol. The molecule has 1 N–H and O–H groups in total. The summed E-state index contributed by atoms with van der Waals surface area (Å²) in [4.78, 5) is 15.9. The Bertz CT molecular complexity index is 755. The number of para-hydroxylation sites is 1. The highest BCUT2D eigenvalue weighted by molar-refractivity contribution is 6.32. The fourth-order valence-electron chi connectivity index (χ4n) is 2.76. The van der Waals surface area contributed by atoms with Gasteiger partial charge in [-0.3, -0.25) is 4.90 Å². The van der Waals surface area contributed by atoms with Gasteiger partial charge in [0.15, 0.2) is 5.75 Å². The van der Waals surface area contributed by atoms with Crippen molar-refractivity contribution < 1.29 is 19.4 Å². The predicted molar refractivity (Wildman–Crippen MR) is 116 cm³/mol. The van der Waals surface area contributed by atoms with Crippen molar-refractivity contribution >= 4 is 23.4 Å². The number of hydrogen-bond donors (Lipinski definition) is 1. The van der Waals surface area contributed by atoms with Gasteiger partial charge in [0.05, 0.1) is 18.2 Å². The summed E-state index contributed by atoms with van der Waals surface area (Å²) in [5, 5.41) is 9.38. The summed E-state index contributed by atoms with van der Waals surface area (Å²) in [5.41, 5.74) is 0.692. The maximum absolute atomic E-state index is 12.3. The molecule has 0 saturated carbocycles. The summed E-state index contributed by atoms with van der Waals surface area (Å²) in [5.74, 6) is 1.08. The molecule has 0 aliphatic rings. The first kappa shape index (κ1) is 23.0. The van der Waals surface area contributed by atoms with E-state index in [1.165, 1.54) is 4.90 Å². The molecule has 0 spiro atoms. The van der Waals surface area contributed by atoms with Gasteiger partial charge in [-0.2, -0.15) is 0 Å². The zero-order valence-corrected chi connectivity index (χ0v) is 17.8. The molecule has 158 valence electrons. The van der Waals surface area contributed by atoms with Crippen LogP contribution in [-0.2, 0) is 0 Å². The zero-order valence-electron chi connectivity index (χ0n) is 17.0. The number of unbranched alkanes of at least 4 members (excludes halogenated alkanes) is 1. The van der Waals surface area contributed by atoms with Crippen LogP contribution in [0.3, 0.4) is 0 Å². The number of rotatable bonds is 11. The Morgan fingerprint density at radius 2 is 1.79 bits per heavy atom. The average molecular weight is 421 g/mol. The molecule has 0 aromatic heterocycles. The summed E-state index contributed by atoms with van der Waals surface area (Å²) in [6.07, 6.45) is 1.44. The number of halogens is 1. The van der Waals surface area contributed by atoms with Crippen molar-refractivity contribution in [1.82, 2.24) is 4.90 Å². The fourth-order valence-corrected chi connectivity index (χ4v) is 2.93. The number of aliphatic hydroxyl groups excluding tert-OH is 1. The zero-order chi connectivity index (χ0) is 21.1. The molecular formula is C22H29ClN2O4. The Labute approximate surface area is 177 Å². The van der Waals surface area contributed by atoms with Crippen LogP contribution in [0.1, 0.15) is 19.8 Å². The van der Waals surface area contributed by atoms with E-state index in [0.29, 0.717) is 29.6 Å². The van der Waals surface area contributed by atoms with E-state index in [1.807, 2.05) is 24.3 Å². The van der Waals surface area contributed by atoms with Gasteiger partial charge in [0.2, 0.25) is 0 Å². The van der Waals surface area contributed by atoms with Gasteiger partial charge in [0.25, 0.3) is 0 Å². The van der Waals surface area contributed by atoms with E-state index in [0.717, 1.165) is 31.7 Å². The number of likely N-dealkylation sites (N-methyl/N-ethyl adjacent to an activating group) is 1. The minimum Gasteiger partial charge on any atom is -0.494 e. The molecule has 0 unspecified atom stereocenters. The third-order valence-electron chi connectivity index (χ3n) is 4.53. The number of aliphatic hydroxyl groups is 1. The largest absolute Gasteiger partial charge is 0.494 e. The van der Waals surface area contributed by atoms with Crippen molar-refractivity contribution in [3.05, 3.63) is 53.6 Å². The van der Waals surface area contributed by atoms with Gasteiger partial charge < -0.3 is 19.5 Å². The quantitative estimate of drug-likeness (QED) is 0.544. The minimum atomic E-state index is -0.518. The molecule has 0 radical (unpaired) electrons. The Morgan fingerprint density at radius 3 is 2.45 bits per heavy atom. The highest BCUT2D eigenvalue weighted by Gasteiger charge is 2.15. The Balaban J connectivity index is 1.77. The second-order valence-electron chi connectivity index (χ2n) is 6.56. The van der Waals surface area contributed by atoms with E-state index in [2.05, 4.69) is 11.8 Å². The molecule has 0 aliphatic carbocycles. The Hall–Kier alpha value is -2.28. The van der Waals surface area contributed by atoms with Crippen molar-refractivity contribution in [2.75, 3.05) is 44.8 Å². The standard InChI is InChI=1S/C22H29ClN2O4/c1-3-25(15-16-26)14-6-7-17-28-19-12-10-18(11-13-19)24(2)22(27)29-21-9-5-4-8-20(21)23/h4-5,8-13,26H,3,6-7,14-17H2,1-2H3. The first-order valence-electron chi connectivity index (χ1n) is 9.81. The van der Waals surface area contributed by atoms with Crippen LogP contribution in [0.5, 0.6) is 11.5 Å². The number of ether oxygens (including phenoxy) is 2. The minimum absolute atomic E-state index is 0.192. The van der Waals surface area contributed by atoms with E-state index in [4.69, 9.17) is 26.2 Å². The van der Waals surface area contributed by atoms with Gasteiger partial charge in [-0.25, -0.2) is 4.79 Å². The van der Waals surface area contributed by atoms with E-state index < -0.39 is 6.09 Å². The average Bonchev–Trinajstić information content (AvgIpc) is 2.74. The molecule has 1 amide bonds. The van der Waals surface area contributed by atoms with E-state index in [1.54, 1.807) is 31.3 Å². The SMILES string of the molecule is CCN(CCO)CCCCOc1ccc(N(C)C(=O)Oc2ccccc2Cl)cc1. The molecule has 0 saturated heterocycles. The summed E-state index contributed by atoms with van der Waals surface area (Å²) in [6.45, 7) is 5.52. The number of hydrogen-bond acceptors (Lipinski definition) is 5. The van der Waals surface area contributed by atoms with Gasteiger partial charge >= 0.3 is 6.09 Å². The van der Waals surface area contributed by atoms with Gasteiger partial charge in [0, 0.05) is 19.3 Å². The van der Waals surface area contributed by atoms with Crippen molar-refractivity contribution in [2.45, 2.75) is 19.8 Å². The smallest absolute Gasteiger partial charge is 0.419 e. The van der Waals surface area contributed by atoms with Crippen LogP contribution >= 0.6 is 11.6 Å². The molecule has 2 aromatic carbocycles. The predicted octanol–water partition coefficient (Wildman–Crippen LogP) is 4.45. The molecule has 0 atom stereocenters. The lowest BCUT2D eigenvalue weighted by atomic mass is 10.2. The fraction of sp³-hybridized carbons (Fsp3) is 0.409. The summed E-state index contributed by atoms with van der Waals surface area (Å²) in [6, 6.07) is 14.1. The third kappa shape index (κ3) is 7.57. The molecule has 0 heterocycles. The van der Waals surface area contributed by atoms with Crippen LogP contribution in [-0.4, -0.2) is 56.0 Å². The van der Waals surface area contributed by atoms with E-state index in [9.17, 15) is 4.79 Å². The Kier molecular flexibility index (Phi) is 9.77. The first-order valence-corrected chi connectivity index (χ1v) is 10.2. The van der Waals surface area contributed by atoms with Crippen LogP contribution in [0.25, 0.3) is 0 Å². The molecular weight excluding hydrogens is 392 g/mol. The highest BCUT2D eigenvalue weighted by Crippen LogP contribution is 2.25. The molecule has 6 nitrogen and oxygen atoms in total. The number of amides is 1. The van der Waals surface area contributed by atoms with Crippen LogP contribution < -0.4 is 14.4 Å². The van der Waals surface area contributed by atoms with Crippen LogP contribution in [0.15, 0.2) is 48.5 Å². The molecule has 2 aromatic rings. The number of benzene rings is 2. The maximum atomic E-state index is 12.3. The Morgan fingerprint density at radius 1 is 1.07 bits per heavy atom. The summed E-state index contributed by atoms with van der Waals surface area (Å²) in [7, 11) is 1.64. The van der Waals surface area contributed by atoms with E-state index >= 15 is 0 Å². The number of anilines is 1. The van der Waals surface area contributed by atoms with Gasteiger partial charge in [-0.05, 0) is 62.3 Å². The second kappa shape index (κ2) is 12.3. The number of carbonyl (C=O) groups excluding carboxylic acids is 1. The molecule has 29 heavy (non-hydrogen) atoms. The van der Waals surface area contributed by atoms with Crippen molar-refractivity contribution in [1.29, 1.82) is 0 Å². The molecule has 2 rings (SSSR count). The van der Waals surface area contributed by atoms with Gasteiger partial charge in [-0.1, -0.05) is 30.7 Å². The third-order valence-corrected chi connectivity index (χ3v) is 4.84. The van der Waals surface area contributed by atoms with Gasteiger partial charge in [-0.15, -0.1) is 0 Å². The van der Waals surface area contributed by atoms with Gasteiger partial charge in [0.1, 0.15) is 5.75 Å². The van der Waals surface area contributed by atoms with Crippen LogP contribution in [0.2, 0.25) is 5.02 Å². The number of nitrogens with zero attached hydrogens (tertiary/aromatic N) is 2. The second-order valence-corrected chi connectivity index (χ2v) is 6.97. The van der Waals surface area contributed by atoms with Crippen LogP contribution in [0, 0.1) is 0 Å². The lowest BCUT2D eigenvalue weighted by Crippen LogP contribution is -2.29. The molecule has 7 heteroatoms. The molecule has 0 fully saturated rings. The van der Waals surface area contributed by atoms with E-state index in [-0.39, 0.29) is 6.61 Å². The van der Waals surface area contributed by atoms with Crippen molar-refractivity contribution in [2.24, 2.45) is 0 Å². The normalized spacial score (nSPS) is 10.8. The lowest BCUT2D eigenvalue weighted by molar-refractivity contribution is 0.195. The lowest BCUT2D eigenvalue weighted by Gasteiger charge is -2.19. The number of carbonyl (C=O) groups is 1. The maximum Gasteiger partial charge on any atom is 0.419 e. The van der Waals surface area contributed by atoms with Crippen LogP contribution in [0.4, 0.5) is 10.5 Å². The highest BCUT2D eigenvalue weighted by atomic mass is 35.5. The van der Waals surface area contributed by atoms with Crippen molar-refractivity contribution in [3.63, 3.8) is 0 Å². The summed E-state index contributed by atoms with van der Waals surface area (Å²) < 4.78 is 11.1. The first-order chi connectivity index (χ1) is 14.0. The molecule has 0 bridgehead atoms. The summed E-state index contributed by atoms with van der Waals surface area (Å²) >= 11 is 6.03.